The molecule has 8 heteroatoms. The molecule has 0 aliphatic rings. The van der Waals surface area contributed by atoms with Crippen molar-refractivity contribution in [3.63, 3.8) is 0 Å². The lowest BCUT2D eigenvalue weighted by Crippen LogP contribution is -2.18. The SMILES string of the molecule is CS(=O)(=O)c1ccc2ncnc(NCc3ccc(Cn4ccccc4=O)cc3)c2c1. The molecule has 0 aliphatic carbocycles. The van der Waals surface area contributed by atoms with Gasteiger partial charge in [0.15, 0.2) is 9.84 Å². The third-order valence-corrected chi connectivity index (χ3v) is 5.88. The van der Waals surface area contributed by atoms with Crippen LogP contribution < -0.4 is 10.9 Å². The zero-order valence-corrected chi connectivity index (χ0v) is 17.1. The summed E-state index contributed by atoms with van der Waals surface area (Å²) in [4.78, 5) is 20.6. The van der Waals surface area contributed by atoms with Crippen LogP contribution in [0.5, 0.6) is 0 Å². The Morgan fingerprint density at radius 1 is 0.967 bits per heavy atom. The largest absolute Gasteiger partial charge is 0.365 e. The van der Waals surface area contributed by atoms with E-state index in [0.717, 1.165) is 11.1 Å². The minimum Gasteiger partial charge on any atom is -0.365 e. The summed E-state index contributed by atoms with van der Waals surface area (Å²) < 4.78 is 25.4. The fraction of sp³-hybridized carbons (Fsp3) is 0.136. The molecule has 0 radical (unpaired) electrons. The van der Waals surface area contributed by atoms with Gasteiger partial charge in [0.1, 0.15) is 12.1 Å². The number of rotatable bonds is 6. The van der Waals surface area contributed by atoms with E-state index >= 15 is 0 Å². The monoisotopic (exact) mass is 420 g/mol. The van der Waals surface area contributed by atoms with Crippen LogP contribution in [0.3, 0.4) is 0 Å². The number of aromatic nitrogens is 3. The molecule has 4 rings (SSSR count). The van der Waals surface area contributed by atoms with E-state index in [0.29, 0.717) is 29.8 Å². The van der Waals surface area contributed by atoms with Crippen LogP contribution in [0.1, 0.15) is 11.1 Å². The van der Waals surface area contributed by atoms with Crippen LogP contribution >= 0.6 is 0 Å². The third-order valence-electron chi connectivity index (χ3n) is 4.77. The molecule has 0 aliphatic heterocycles. The molecule has 0 atom stereocenters. The van der Waals surface area contributed by atoms with Gasteiger partial charge in [-0.25, -0.2) is 18.4 Å². The maximum atomic E-state index is 11.9. The van der Waals surface area contributed by atoms with Gasteiger partial charge in [0.2, 0.25) is 0 Å². The number of sulfone groups is 1. The molecule has 2 aromatic carbocycles. The fourth-order valence-electron chi connectivity index (χ4n) is 3.14. The van der Waals surface area contributed by atoms with E-state index < -0.39 is 9.84 Å². The highest BCUT2D eigenvalue weighted by atomic mass is 32.2. The van der Waals surface area contributed by atoms with Gasteiger partial charge in [-0.1, -0.05) is 30.3 Å². The van der Waals surface area contributed by atoms with Crippen LogP contribution in [0.15, 0.2) is 82.9 Å². The first-order valence-electron chi connectivity index (χ1n) is 9.32. The Morgan fingerprint density at radius 3 is 2.47 bits per heavy atom. The van der Waals surface area contributed by atoms with Crippen molar-refractivity contribution in [2.75, 3.05) is 11.6 Å². The zero-order chi connectivity index (χ0) is 21.1. The second kappa shape index (κ2) is 8.08. The number of nitrogens with one attached hydrogen (secondary N) is 1. The van der Waals surface area contributed by atoms with Crippen LogP contribution in [0.4, 0.5) is 5.82 Å². The molecule has 0 bridgehead atoms. The Hall–Kier alpha value is -3.52. The zero-order valence-electron chi connectivity index (χ0n) is 16.3. The number of pyridine rings is 1. The molecular formula is C22H20N4O3S. The highest BCUT2D eigenvalue weighted by Gasteiger charge is 2.11. The first kappa shape index (κ1) is 19.8. The minimum absolute atomic E-state index is 0.0349. The number of anilines is 1. The van der Waals surface area contributed by atoms with E-state index in [-0.39, 0.29) is 10.5 Å². The molecule has 2 heterocycles. The van der Waals surface area contributed by atoms with Crippen LogP contribution in [0.2, 0.25) is 0 Å². The van der Waals surface area contributed by atoms with E-state index in [4.69, 9.17) is 0 Å². The summed E-state index contributed by atoms with van der Waals surface area (Å²) in [6.07, 6.45) is 4.39. The molecule has 0 saturated heterocycles. The van der Waals surface area contributed by atoms with Gasteiger partial charge >= 0.3 is 0 Å². The van der Waals surface area contributed by atoms with Crippen LogP contribution in [0.25, 0.3) is 10.9 Å². The number of hydrogen-bond acceptors (Lipinski definition) is 6. The van der Waals surface area contributed by atoms with E-state index in [1.54, 1.807) is 41.1 Å². The lowest BCUT2D eigenvalue weighted by atomic mass is 10.1. The standard InChI is InChI=1S/C22H20N4O3S/c1-30(28,29)18-9-10-20-19(12-18)22(25-15-24-20)23-13-16-5-7-17(8-6-16)14-26-11-3-2-4-21(26)27/h2-12,15H,13-14H2,1H3,(H,23,24,25). The molecule has 0 spiro atoms. The number of nitrogens with zero attached hydrogens (tertiary/aromatic N) is 3. The van der Waals surface area contributed by atoms with Gasteiger partial charge in [-0.05, 0) is 35.4 Å². The summed E-state index contributed by atoms with van der Waals surface area (Å²) in [6, 6.07) is 17.9. The second-order valence-electron chi connectivity index (χ2n) is 7.01. The third kappa shape index (κ3) is 4.38. The Bertz CT molecular complexity index is 1360. The quantitative estimate of drug-likeness (QED) is 0.516. The average Bonchev–Trinajstić information content (AvgIpc) is 2.74. The van der Waals surface area contributed by atoms with Gasteiger partial charge in [0.25, 0.3) is 5.56 Å². The number of fused-ring (bicyclic) bond motifs is 1. The van der Waals surface area contributed by atoms with Crippen molar-refractivity contribution in [2.24, 2.45) is 0 Å². The Balaban J connectivity index is 1.51. The lowest BCUT2D eigenvalue weighted by molar-refractivity contribution is 0.602. The van der Waals surface area contributed by atoms with Crippen molar-refractivity contribution in [2.45, 2.75) is 18.0 Å². The lowest BCUT2D eigenvalue weighted by Gasteiger charge is -2.10. The summed E-state index contributed by atoms with van der Waals surface area (Å²) in [5.74, 6) is 0.574. The summed E-state index contributed by atoms with van der Waals surface area (Å²) in [5.41, 5.74) is 2.69. The molecule has 0 saturated carbocycles. The van der Waals surface area contributed by atoms with Crippen LogP contribution in [0, 0.1) is 0 Å². The van der Waals surface area contributed by atoms with Crippen LogP contribution in [-0.2, 0) is 22.9 Å². The van der Waals surface area contributed by atoms with E-state index in [2.05, 4.69) is 15.3 Å². The van der Waals surface area contributed by atoms with Gasteiger partial charge in [-0.2, -0.15) is 0 Å². The van der Waals surface area contributed by atoms with Crippen LogP contribution in [-0.4, -0.2) is 29.2 Å². The summed E-state index contributed by atoms with van der Waals surface area (Å²) in [6.45, 7) is 1.03. The summed E-state index contributed by atoms with van der Waals surface area (Å²) >= 11 is 0. The van der Waals surface area contributed by atoms with Gasteiger partial charge in [-0.3, -0.25) is 4.79 Å². The van der Waals surface area contributed by atoms with Crippen molar-refractivity contribution in [1.29, 1.82) is 0 Å². The molecule has 0 unspecified atom stereocenters. The first-order valence-corrected chi connectivity index (χ1v) is 11.2. The van der Waals surface area contributed by atoms with E-state index in [9.17, 15) is 13.2 Å². The Labute approximate surface area is 174 Å². The fourth-order valence-corrected chi connectivity index (χ4v) is 3.79. The molecular weight excluding hydrogens is 400 g/mol. The smallest absolute Gasteiger partial charge is 0.250 e. The topological polar surface area (TPSA) is 93.9 Å². The molecule has 7 nitrogen and oxygen atoms in total. The maximum absolute atomic E-state index is 11.9. The second-order valence-corrected chi connectivity index (χ2v) is 9.03. The Morgan fingerprint density at radius 2 is 1.73 bits per heavy atom. The highest BCUT2D eigenvalue weighted by Crippen LogP contribution is 2.23. The van der Waals surface area contributed by atoms with Gasteiger partial charge in [-0.15, -0.1) is 0 Å². The molecule has 30 heavy (non-hydrogen) atoms. The molecule has 2 aromatic heterocycles. The molecule has 0 fully saturated rings. The summed E-state index contributed by atoms with van der Waals surface area (Å²) in [7, 11) is -3.32. The predicted octanol–water partition coefficient (Wildman–Crippen LogP) is 2.86. The number of benzene rings is 2. The average molecular weight is 420 g/mol. The van der Waals surface area contributed by atoms with Crippen molar-refractivity contribution in [1.82, 2.24) is 14.5 Å². The minimum atomic E-state index is -3.32. The highest BCUT2D eigenvalue weighted by molar-refractivity contribution is 7.90. The predicted molar refractivity (Wildman–Crippen MR) is 116 cm³/mol. The van der Waals surface area contributed by atoms with Gasteiger partial charge in [0, 0.05) is 30.4 Å². The van der Waals surface area contributed by atoms with Crippen molar-refractivity contribution in [3.8, 4) is 0 Å². The first-order chi connectivity index (χ1) is 14.4. The number of hydrogen-bond donors (Lipinski definition) is 1. The molecule has 1 N–H and O–H groups in total. The maximum Gasteiger partial charge on any atom is 0.250 e. The molecule has 4 aromatic rings. The van der Waals surface area contributed by atoms with E-state index in [1.807, 2.05) is 30.3 Å². The van der Waals surface area contributed by atoms with Crippen molar-refractivity contribution in [3.05, 3.63) is 94.7 Å². The van der Waals surface area contributed by atoms with Crippen molar-refractivity contribution >= 4 is 26.6 Å². The van der Waals surface area contributed by atoms with Gasteiger partial charge < -0.3 is 9.88 Å². The molecule has 152 valence electrons. The van der Waals surface area contributed by atoms with Gasteiger partial charge in [0.05, 0.1) is 17.0 Å². The normalized spacial score (nSPS) is 11.5. The Kier molecular flexibility index (Phi) is 5.33. The summed E-state index contributed by atoms with van der Waals surface area (Å²) in [5, 5.41) is 3.91. The van der Waals surface area contributed by atoms with E-state index in [1.165, 1.54) is 12.6 Å². The van der Waals surface area contributed by atoms with Crippen molar-refractivity contribution < 1.29 is 8.42 Å². The molecule has 0 amide bonds.